The van der Waals surface area contributed by atoms with Crippen LogP contribution in [0.4, 0.5) is 11.6 Å². The van der Waals surface area contributed by atoms with Crippen LogP contribution in [0.15, 0.2) is 42.1 Å². The Hall–Kier alpha value is -3.88. The second kappa shape index (κ2) is 7.99. The highest BCUT2D eigenvalue weighted by molar-refractivity contribution is 6.15. The molecule has 32 heavy (non-hydrogen) atoms. The number of imide groups is 1. The van der Waals surface area contributed by atoms with E-state index in [4.69, 9.17) is 9.72 Å². The topological polar surface area (TPSA) is 110 Å². The number of hydrogen-bond donors (Lipinski definition) is 3. The van der Waals surface area contributed by atoms with E-state index in [1.165, 1.54) is 0 Å². The third kappa shape index (κ3) is 4.01. The molecule has 1 saturated heterocycles. The zero-order valence-corrected chi connectivity index (χ0v) is 17.9. The molecule has 0 unspecified atom stereocenters. The maximum Gasteiger partial charge on any atom is 0.254 e. The van der Waals surface area contributed by atoms with Crippen molar-refractivity contribution in [3.8, 4) is 5.75 Å². The number of nitrogens with one attached hydrogen (secondary N) is 3. The number of hydrogen-bond acceptors (Lipinski definition) is 7. The Morgan fingerprint density at radius 2 is 2.12 bits per heavy atom. The number of nitrogens with zero attached hydrogens (tertiary/aromatic N) is 3. The molecule has 2 fully saturated rings. The van der Waals surface area contributed by atoms with E-state index in [1.807, 2.05) is 30.3 Å². The molecular weight excluding hydrogens is 408 g/mol. The lowest BCUT2D eigenvalue weighted by Gasteiger charge is -2.17. The van der Waals surface area contributed by atoms with Crippen LogP contribution in [-0.2, 0) is 9.59 Å². The van der Waals surface area contributed by atoms with Crippen molar-refractivity contribution in [3.63, 3.8) is 0 Å². The first-order chi connectivity index (χ1) is 15.5. The maximum absolute atomic E-state index is 12.0. The first-order valence-electron chi connectivity index (χ1n) is 10.6. The molecule has 1 saturated carbocycles. The second-order valence-corrected chi connectivity index (χ2v) is 8.15. The third-order valence-corrected chi connectivity index (χ3v) is 5.61. The summed E-state index contributed by atoms with van der Waals surface area (Å²) in [5.74, 6) is 1.64. The molecule has 2 aromatic heterocycles. The Bertz CT molecular complexity index is 1240. The summed E-state index contributed by atoms with van der Waals surface area (Å²) in [4.78, 5) is 28.3. The Morgan fingerprint density at radius 3 is 2.84 bits per heavy atom. The van der Waals surface area contributed by atoms with E-state index < -0.39 is 0 Å². The van der Waals surface area contributed by atoms with Crippen molar-refractivity contribution in [3.05, 3.63) is 53.2 Å². The minimum atomic E-state index is -0.369. The van der Waals surface area contributed by atoms with Crippen LogP contribution in [0.25, 0.3) is 11.7 Å². The van der Waals surface area contributed by atoms with Crippen molar-refractivity contribution in [1.29, 1.82) is 0 Å². The van der Waals surface area contributed by atoms with Crippen LogP contribution in [0.1, 0.15) is 43.4 Å². The predicted molar refractivity (Wildman–Crippen MR) is 120 cm³/mol. The lowest BCUT2D eigenvalue weighted by Crippen LogP contribution is -2.19. The van der Waals surface area contributed by atoms with Gasteiger partial charge in [0.15, 0.2) is 5.65 Å². The van der Waals surface area contributed by atoms with Crippen LogP contribution < -0.4 is 20.7 Å². The van der Waals surface area contributed by atoms with Gasteiger partial charge in [-0.15, -0.1) is 0 Å². The number of carbonyl (C=O) groups excluding carboxylic acids is 2. The maximum atomic E-state index is 12.0. The molecule has 5 rings (SSSR count). The molecule has 3 heterocycles. The summed E-state index contributed by atoms with van der Waals surface area (Å²) < 4.78 is 7.08. The van der Waals surface area contributed by atoms with Crippen LogP contribution in [0.5, 0.6) is 5.75 Å². The lowest BCUT2D eigenvalue weighted by molar-refractivity contribution is -0.124. The van der Waals surface area contributed by atoms with Gasteiger partial charge >= 0.3 is 0 Å². The number of rotatable bonds is 7. The molecule has 1 aliphatic heterocycles. The van der Waals surface area contributed by atoms with Gasteiger partial charge in [-0.1, -0.05) is 12.1 Å². The van der Waals surface area contributed by atoms with E-state index in [2.05, 4.69) is 28.0 Å². The quantitative estimate of drug-likeness (QED) is 0.389. The van der Waals surface area contributed by atoms with Crippen molar-refractivity contribution in [2.24, 2.45) is 0 Å². The number of anilines is 2. The minimum Gasteiger partial charge on any atom is -0.497 e. The van der Waals surface area contributed by atoms with Gasteiger partial charge < -0.3 is 15.4 Å². The van der Waals surface area contributed by atoms with Gasteiger partial charge in [0.1, 0.15) is 17.4 Å². The van der Waals surface area contributed by atoms with Crippen molar-refractivity contribution >= 4 is 35.2 Å². The highest BCUT2D eigenvalue weighted by Gasteiger charge is 2.26. The van der Waals surface area contributed by atoms with E-state index in [-0.39, 0.29) is 24.3 Å². The molecule has 9 nitrogen and oxygen atoms in total. The van der Waals surface area contributed by atoms with Crippen molar-refractivity contribution in [2.75, 3.05) is 17.7 Å². The van der Waals surface area contributed by atoms with Crippen molar-refractivity contribution in [1.82, 2.24) is 19.9 Å². The van der Waals surface area contributed by atoms with E-state index in [1.54, 1.807) is 23.9 Å². The Kier molecular flexibility index (Phi) is 5.01. The monoisotopic (exact) mass is 432 g/mol. The van der Waals surface area contributed by atoms with Gasteiger partial charge in [0.05, 0.1) is 25.8 Å². The lowest BCUT2D eigenvalue weighted by atomic mass is 10.1. The summed E-state index contributed by atoms with van der Waals surface area (Å²) in [5.41, 5.74) is 2.77. The summed E-state index contributed by atoms with van der Waals surface area (Å²) in [6, 6.07) is 10.2. The largest absolute Gasteiger partial charge is 0.497 e. The summed E-state index contributed by atoms with van der Waals surface area (Å²) in [7, 11) is 1.65. The molecule has 2 amide bonds. The highest BCUT2D eigenvalue weighted by atomic mass is 16.5. The molecule has 1 aromatic carbocycles. The number of aromatic nitrogens is 3. The van der Waals surface area contributed by atoms with Crippen LogP contribution >= 0.6 is 0 Å². The molecule has 164 valence electrons. The summed E-state index contributed by atoms with van der Waals surface area (Å²) >= 11 is 0. The number of methoxy groups -OCH3 is 1. The van der Waals surface area contributed by atoms with Crippen molar-refractivity contribution < 1.29 is 14.3 Å². The molecule has 1 atom stereocenters. The molecule has 0 bridgehead atoms. The first-order valence-corrected chi connectivity index (χ1v) is 10.6. The minimum absolute atomic E-state index is 0.0169. The van der Waals surface area contributed by atoms with Gasteiger partial charge in [-0.3, -0.25) is 14.9 Å². The smallest absolute Gasteiger partial charge is 0.254 e. The standard InChI is InChI=1S/C23H24N6O3/c1-13(14-4-3-5-18(9-14)32-2)25-19-11-20(26-17-6-7-17)29-22(27-19)16(12-24-29)8-15-10-21(30)28-23(15)31/h3-5,8-9,11-13,17,26H,6-7,10H2,1-2H3,(H,25,27)(H,28,30,31)/b15-8+/t13-/m0/s1. The van der Waals surface area contributed by atoms with Gasteiger partial charge in [-0.05, 0) is 43.5 Å². The summed E-state index contributed by atoms with van der Waals surface area (Å²) in [6.07, 6.45) is 5.65. The van der Waals surface area contributed by atoms with E-state index >= 15 is 0 Å². The molecule has 0 spiro atoms. The molecule has 9 heteroatoms. The zero-order valence-electron chi connectivity index (χ0n) is 17.9. The number of fused-ring (bicyclic) bond motifs is 1. The van der Waals surface area contributed by atoms with Crippen LogP contribution in [0.2, 0.25) is 0 Å². The van der Waals surface area contributed by atoms with E-state index in [0.717, 1.165) is 30.0 Å². The molecule has 3 N–H and O–H groups in total. The fourth-order valence-corrected chi connectivity index (χ4v) is 3.72. The third-order valence-electron chi connectivity index (χ3n) is 5.61. The fourth-order valence-electron chi connectivity index (χ4n) is 3.72. The number of amides is 2. The Morgan fingerprint density at radius 1 is 1.28 bits per heavy atom. The van der Waals surface area contributed by atoms with Crippen LogP contribution in [-0.4, -0.2) is 39.6 Å². The van der Waals surface area contributed by atoms with Gasteiger partial charge in [0, 0.05) is 23.2 Å². The van der Waals surface area contributed by atoms with Crippen LogP contribution in [0.3, 0.4) is 0 Å². The second-order valence-electron chi connectivity index (χ2n) is 8.15. The zero-order chi connectivity index (χ0) is 22.2. The van der Waals surface area contributed by atoms with E-state index in [0.29, 0.717) is 28.6 Å². The molecular formula is C23H24N6O3. The molecule has 3 aromatic rings. The highest BCUT2D eigenvalue weighted by Crippen LogP contribution is 2.29. The molecule has 0 radical (unpaired) electrons. The fraction of sp³-hybridized carbons (Fsp3) is 0.304. The van der Waals surface area contributed by atoms with Gasteiger partial charge in [0.2, 0.25) is 5.91 Å². The number of carbonyl (C=O) groups is 2. The van der Waals surface area contributed by atoms with Crippen LogP contribution in [0, 0.1) is 0 Å². The van der Waals surface area contributed by atoms with Gasteiger partial charge in [-0.25, -0.2) is 4.98 Å². The Labute approximate surface area is 184 Å². The average molecular weight is 432 g/mol. The van der Waals surface area contributed by atoms with E-state index in [9.17, 15) is 9.59 Å². The van der Waals surface area contributed by atoms with Gasteiger partial charge in [-0.2, -0.15) is 9.61 Å². The molecule has 1 aliphatic carbocycles. The predicted octanol–water partition coefficient (Wildman–Crippen LogP) is 2.92. The molecule has 2 aliphatic rings. The number of ether oxygens (including phenoxy) is 1. The SMILES string of the molecule is COc1cccc([C@H](C)Nc2cc(NC3CC3)n3ncc(/C=C4\CC(=O)NC4=O)c3n2)c1. The average Bonchev–Trinajstić information content (AvgIpc) is 3.42. The summed E-state index contributed by atoms with van der Waals surface area (Å²) in [5, 5.41) is 13.7. The van der Waals surface area contributed by atoms with Gasteiger partial charge in [0.25, 0.3) is 5.91 Å². The first kappa shape index (κ1) is 20.0. The summed E-state index contributed by atoms with van der Waals surface area (Å²) in [6.45, 7) is 2.06. The normalized spacial score (nSPS) is 18.1. The van der Waals surface area contributed by atoms with Crippen molar-refractivity contribution in [2.45, 2.75) is 38.3 Å². The number of benzene rings is 1. The Balaban J connectivity index is 1.51.